The molecule has 2 aliphatic rings. The van der Waals surface area contributed by atoms with Crippen molar-refractivity contribution in [3.8, 4) is 11.5 Å². The minimum atomic E-state index is -0.246. The Hall–Kier alpha value is -3.04. The average molecular weight is 467 g/mol. The second-order valence-corrected chi connectivity index (χ2v) is 9.57. The molecule has 1 saturated heterocycles. The number of halogens is 1. The van der Waals surface area contributed by atoms with Crippen LogP contribution < -0.4 is 9.47 Å². The smallest absolute Gasteiger partial charge is 0.231 e. The topological polar surface area (TPSA) is 68.5 Å². The van der Waals surface area contributed by atoms with Crippen LogP contribution in [0.1, 0.15) is 50.2 Å². The minimum Gasteiger partial charge on any atom is -0.454 e. The van der Waals surface area contributed by atoms with Crippen LogP contribution in [0.15, 0.2) is 42.5 Å². The molecule has 0 spiro atoms. The first-order chi connectivity index (χ1) is 16.4. The highest BCUT2D eigenvalue weighted by molar-refractivity contribution is 5.44. The molecule has 1 fully saturated rings. The Morgan fingerprint density at radius 3 is 2.47 bits per heavy atom. The number of benzene rings is 2. The summed E-state index contributed by atoms with van der Waals surface area (Å²) in [7, 11) is 0. The van der Waals surface area contributed by atoms with Crippen LogP contribution in [0.3, 0.4) is 0 Å². The lowest BCUT2D eigenvalue weighted by Crippen LogP contribution is -2.48. The van der Waals surface area contributed by atoms with E-state index in [1.54, 1.807) is 0 Å². The number of fused-ring (bicyclic) bond motifs is 1. The van der Waals surface area contributed by atoms with Gasteiger partial charge in [0.05, 0.1) is 11.6 Å². The largest absolute Gasteiger partial charge is 0.454 e. The van der Waals surface area contributed by atoms with E-state index in [4.69, 9.17) is 9.47 Å². The second-order valence-electron chi connectivity index (χ2n) is 9.57. The van der Waals surface area contributed by atoms with E-state index in [-0.39, 0.29) is 24.2 Å². The molecule has 3 heterocycles. The van der Waals surface area contributed by atoms with Gasteiger partial charge in [-0.05, 0) is 66.1 Å². The fraction of sp³-hybridized carbons (Fsp3) is 0.480. The number of ether oxygens (including phenoxy) is 2. The normalized spacial score (nSPS) is 17.8. The first kappa shape index (κ1) is 22.7. The highest BCUT2D eigenvalue weighted by atomic mass is 19.1. The highest BCUT2D eigenvalue weighted by Gasteiger charge is 2.34. The standard InChI is InChI=1S/C25H31FN6O2/c1-4-25(2,3)32-24(27-28-29-32)23(19-6-8-20(26)9-7-19)31-13-11-30(12-14-31)16-18-5-10-21-22(15-18)34-17-33-21/h5-10,15,23H,4,11-14,16-17H2,1-3H3/t23-/m0/s1. The van der Waals surface area contributed by atoms with E-state index in [1.165, 1.54) is 17.7 Å². The zero-order chi connectivity index (χ0) is 23.7. The molecule has 0 saturated carbocycles. The van der Waals surface area contributed by atoms with Gasteiger partial charge >= 0.3 is 0 Å². The Morgan fingerprint density at radius 1 is 1.00 bits per heavy atom. The first-order valence-corrected chi connectivity index (χ1v) is 11.8. The Labute approximate surface area is 199 Å². The highest BCUT2D eigenvalue weighted by Crippen LogP contribution is 2.34. The summed E-state index contributed by atoms with van der Waals surface area (Å²) in [4.78, 5) is 4.84. The number of hydrogen-bond acceptors (Lipinski definition) is 7. The summed E-state index contributed by atoms with van der Waals surface area (Å²) in [5, 5.41) is 12.8. The van der Waals surface area contributed by atoms with Crippen molar-refractivity contribution in [1.82, 2.24) is 30.0 Å². The number of piperazine rings is 1. The fourth-order valence-corrected chi connectivity index (χ4v) is 4.59. The van der Waals surface area contributed by atoms with Crippen molar-refractivity contribution in [3.63, 3.8) is 0 Å². The van der Waals surface area contributed by atoms with Gasteiger partial charge in [-0.3, -0.25) is 9.80 Å². The molecule has 0 radical (unpaired) electrons. The third-order valence-corrected chi connectivity index (χ3v) is 6.98. The number of rotatable bonds is 7. The van der Waals surface area contributed by atoms with Crippen molar-refractivity contribution in [1.29, 1.82) is 0 Å². The van der Waals surface area contributed by atoms with Crippen molar-refractivity contribution >= 4 is 0 Å². The average Bonchev–Trinajstić information content (AvgIpc) is 3.51. The lowest BCUT2D eigenvalue weighted by atomic mass is 9.99. The predicted octanol–water partition coefficient (Wildman–Crippen LogP) is 3.59. The summed E-state index contributed by atoms with van der Waals surface area (Å²) in [5.74, 6) is 2.17. The van der Waals surface area contributed by atoms with Gasteiger partial charge in [0, 0.05) is 32.7 Å². The molecular formula is C25H31FN6O2. The van der Waals surface area contributed by atoms with Crippen molar-refractivity contribution < 1.29 is 13.9 Å². The van der Waals surface area contributed by atoms with Gasteiger partial charge < -0.3 is 9.47 Å². The molecule has 3 aromatic rings. The van der Waals surface area contributed by atoms with Gasteiger partial charge in [0.2, 0.25) is 6.79 Å². The molecule has 9 heteroatoms. The summed E-state index contributed by atoms with van der Waals surface area (Å²) in [6, 6.07) is 12.7. The molecule has 1 aromatic heterocycles. The molecular weight excluding hydrogens is 435 g/mol. The van der Waals surface area contributed by atoms with Crippen LogP contribution in [0.4, 0.5) is 4.39 Å². The van der Waals surface area contributed by atoms with E-state index in [9.17, 15) is 4.39 Å². The Kier molecular flexibility index (Phi) is 6.22. The maximum Gasteiger partial charge on any atom is 0.231 e. The Morgan fingerprint density at radius 2 is 1.74 bits per heavy atom. The van der Waals surface area contributed by atoms with Crippen LogP contribution in [0.2, 0.25) is 0 Å². The summed E-state index contributed by atoms with van der Waals surface area (Å²) >= 11 is 0. The van der Waals surface area contributed by atoms with Crippen LogP contribution in [0.5, 0.6) is 11.5 Å². The van der Waals surface area contributed by atoms with Gasteiger partial charge in [0.1, 0.15) is 5.82 Å². The van der Waals surface area contributed by atoms with Gasteiger partial charge in [0.15, 0.2) is 17.3 Å². The molecule has 2 aromatic carbocycles. The summed E-state index contributed by atoms with van der Waals surface area (Å²) in [5.41, 5.74) is 1.98. The van der Waals surface area contributed by atoms with E-state index in [0.29, 0.717) is 0 Å². The molecule has 0 amide bonds. The van der Waals surface area contributed by atoms with E-state index < -0.39 is 0 Å². The molecule has 5 rings (SSSR count). The lowest BCUT2D eigenvalue weighted by Gasteiger charge is -2.39. The molecule has 0 aliphatic carbocycles. The van der Waals surface area contributed by atoms with Crippen LogP contribution in [0, 0.1) is 5.82 Å². The van der Waals surface area contributed by atoms with E-state index >= 15 is 0 Å². The van der Waals surface area contributed by atoms with Crippen molar-refractivity contribution in [2.24, 2.45) is 0 Å². The second kappa shape index (κ2) is 9.31. The van der Waals surface area contributed by atoms with Crippen LogP contribution in [0.25, 0.3) is 0 Å². The number of hydrogen-bond donors (Lipinski definition) is 0. The Balaban J connectivity index is 1.35. The van der Waals surface area contributed by atoms with Gasteiger partial charge in [-0.2, -0.15) is 0 Å². The third-order valence-electron chi connectivity index (χ3n) is 6.98. The molecule has 2 aliphatic heterocycles. The summed E-state index contributed by atoms with van der Waals surface area (Å²) in [6.45, 7) is 11.1. The monoisotopic (exact) mass is 466 g/mol. The predicted molar refractivity (Wildman–Crippen MR) is 125 cm³/mol. The zero-order valence-electron chi connectivity index (χ0n) is 19.9. The van der Waals surface area contributed by atoms with Crippen molar-refractivity contribution in [2.75, 3.05) is 33.0 Å². The fourth-order valence-electron chi connectivity index (χ4n) is 4.59. The maximum atomic E-state index is 13.7. The quantitative estimate of drug-likeness (QED) is 0.527. The minimum absolute atomic E-state index is 0.144. The molecule has 0 bridgehead atoms. The van der Waals surface area contributed by atoms with E-state index in [0.717, 1.165) is 62.0 Å². The van der Waals surface area contributed by atoms with Crippen LogP contribution in [-0.2, 0) is 12.1 Å². The maximum absolute atomic E-state index is 13.7. The van der Waals surface area contributed by atoms with Gasteiger partial charge in [-0.25, -0.2) is 9.07 Å². The first-order valence-electron chi connectivity index (χ1n) is 11.8. The molecule has 180 valence electrons. The lowest BCUT2D eigenvalue weighted by molar-refractivity contribution is 0.0972. The third kappa shape index (κ3) is 4.50. The molecule has 8 nitrogen and oxygen atoms in total. The number of tetrazole rings is 1. The number of nitrogens with zero attached hydrogens (tertiary/aromatic N) is 6. The van der Waals surface area contributed by atoms with E-state index in [2.05, 4.69) is 58.2 Å². The summed E-state index contributed by atoms with van der Waals surface area (Å²) in [6.07, 6.45) is 0.893. The SMILES string of the molecule is CCC(C)(C)n1nnnc1[C@H](c1ccc(F)cc1)N1CCN(Cc2ccc3c(c2)OCO3)CC1. The Bertz CT molecular complexity index is 1120. The number of aromatic nitrogens is 4. The van der Waals surface area contributed by atoms with Crippen molar-refractivity contribution in [2.45, 2.75) is 45.3 Å². The zero-order valence-corrected chi connectivity index (χ0v) is 19.9. The molecule has 0 N–H and O–H groups in total. The van der Waals surface area contributed by atoms with Gasteiger partial charge in [0.25, 0.3) is 0 Å². The summed E-state index contributed by atoms with van der Waals surface area (Å²) < 4.78 is 26.6. The van der Waals surface area contributed by atoms with E-state index in [1.807, 2.05) is 22.9 Å². The van der Waals surface area contributed by atoms with Crippen LogP contribution in [-0.4, -0.2) is 63.0 Å². The molecule has 34 heavy (non-hydrogen) atoms. The molecule has 1 atom stereocenters. The van der Waals surface area contributed by atoms with Gasteiger partial charge in [-0.15, -0.1) is 5.10 Å². The van der Waals surface area contributed by atoms with Crippen molar-refractivity contribution in [3.05, 3.63) is 65.2 Å². The van der Waals surface area contributed by atoms with Gasteiger partial charge in [-0.1, -0.05) is 25.1 Å². The molecule has 0 unspecified atom stereocenters. The van der Waals surface area contributed by atoms with Crippen LogP contribution >= 0.6 is 0 Å².